The van der Waals surface area contributed by atoms with Crippen LogP contribution in [0.25, 0.3) is 22.2 Å². The molecule has 0 N–H and O–H groups in total. The van der Waals surface area contributed by atoms with Crippen LogP contribution in [0, 0.1) is 5.82 Å². The van der Waals surface area contributed by atoms with E-state index in [0.717, 1.165) is 31.1 Å². The van der Waals surface area contributed by atoms with Gasteiger partial charge in [0.2, 0.25) is 0 Å². The Kier molecular flexibility index (Phi) is 3.37. The molecule has 0 spiro atoms. The van der Waals surface area contributed by atoms with E-state index in [1.165, 1.54) is 12.1 Å². The van der Waals surface area contributed by atoms with Gasteiger partial charge < -0.3 is 0 Å². The SMILES string of the molecule is Fc1ccc(-c2ccc3cc(Br)cc(Br)c3n2)cc1. The van der Waals surface area contributed by atoms with E-state index in [4.69, 9.17) is 0 Å². The maximum atomic E-state index is 12.9. The van der Waals surface area contributed by atoms with Gasteiger partial charge in [0.25, 0.3) is 0 Å². The van der Waals surface area contributed by atoms with Gasteiger partial charge in [0, 0.05) is 19.9 Å². The molecule has 1 nitrogen and oxygen atoms in total. The van der Waals surface area contributed by atoms with Crippen molar-refractivity contribution < 1.29 is 4.39 Å². The Morgan fingerprint density at radius 1 is 0.895 bits per heavy atom. The molecule has 1 aromatic heterocycles. The zero-order valence-corrected chi connectivity index (χ0v) is 12.9. The summed E-state index contributed by atoms with van der Waals surface area (Å²) < 4.78 is 14.9. The molecule has 0 unspecified atom stereocenters. The summed E-state index contributed by atoms with van der Waals surface area (Å²) >= 11 is 6.97. The number of nitrogens with zero attached hydrogens (tertiary/aromatic N) is 1. The van der Waals surface area contributed by atoms with Gasteiger partial charge >= 0.3 is 0 Å². The fraction of sp³-hybridized carbons (Fsp3) is 0. The van der Waals surface area contributed by atoms with Crippen molar-refractivity contribution in [1.82, 2.24) is 4.98 Å². The third kappa shape index (κ3) is 2.55. The van der Waals surface area contributed by atoms with Crippen molar-refractivity contribution in [3.63, 3.8) is 0 Å². The third-order valence-corrected chi connectivity index (χ3v) is 3.91. The predicted molar refractivity (Wildman–Crippen MR) is 82.5 cm³/mol. The lowest BCUT2D eigenvalue weighted by molar-refractivity contribution is 0.628. The first-order valence-corrected chi connectivity index (χ1v) is 7.24. The summed E-state index contributed by atoms with van der Waals surface area (Å²) in [4.78, 5) is 4.63. The van der Waals surface area contributed by atoms with Gasteiger partial charge in [-0.15, -0.1) is 0 Å². The van der Waals surface area contributed by atoms with Crippen LogP contribution in [0.1, 0.15) is 0 Å². The number of rotatable bonds is 1. The van der Waals surface area contributed by atoms with E-state index in [2.05, 4.69) is 36.8 Å². The fourth-order valence-corrected chi connectivity index (χ4v) is 3.29. The van der Waals surface area contributed by atoms with Crippen LogP contribution in [0.3, 0.4) is 0 Å². The summed E-state index contributed by atoms with van der Waals surface area (Å²) in [7, 11) is 0. The van der Waals surface area contributed by atoms with Gasteiger partial charge in [-0.25, -0.2) is 9.37 Å². The molecule has 0 atom stereocenters. The molecule has 0 aliphatic rings. The molecule has 0 aliphatic heterocycles. The lowest BCUT2D eigenvalue weighted by Crippen LogP contribution is -1.87. The average Bonchev–Trinajstić information content (AvgIpc) is 2.39. The van der Waals surface area contributed by atoms with E-state index < -0.39 is 0 Å². The fourth-order valence-electron chi connectivity index (χ4n) is 1.94. The van der Waals surface area contributed by atoms with Crippen molar-refractivity contribution in [2.75, 3.05) is 0 Å². The Bertz CT molecular complexity index is 754. The van der Waals surface area contributed by atoms with E-state index >= 15 is 0 Å². The van der Waals surface area contributed by atoms with Crippen molar-refractivity contribution in [2.45, 2.75) is 0 Å². The van der Waals surface area contributed by atoms with Gasteiger partial charge in [-0.1, -0.05) is 22.0 Å². The summed E-state index contributed by atoms with van der Waals surface area (Å²) in [5, 5.41) is 1.05. The monoisotopic (exact) mass is 379 g/mol. The molecular weight excluding hydrogens is 373 g/mol. The molecular formula is C15H8Br2FN. The molecule has 0 fully saturated rings. The summed E-state index contributed by atoms with van der Waals surface area (Å²) in [5.41, 5.74) is 2.62. The van der Waals surface area contributed by atoms with E-state index in [1.807, 2.05) is 24.3 Å². The van der Waals surface area contributed by atoms with Crippen LogP contribution in [0.4, 0.5) is 4.39 Å². The molecule has 94 valence electrons. The molecule has 1 heterocycles. The van der Waals surface area contributed by atoms with Crippen LogP contribution >= 0.6 is 31.9 Å². The van der Waals surface area contributed by atoms with Gasteiger partial charge in [0.15, 0.2) is 0 Å². The molecule has 3 rings (SSSR count). The zero-order valence-electron chi connectivity index (χ0n) is 9.70. The predicted octanol–water partition coefficient (Wildman–Crippen LogP) is 5.57. The number of fused-ring (bicyclic) bond motifs is 1. The van der Waals surface area contributed by atoms with Crippen molar-refractivity contribution in [2.24, 2.45) is 0 Å². The smallest absolute Gasteiger partial charge is 0.123 e. The lowest BCUT2D eigenvalue weighted by Gasteiger charge is -2.05. The molecule has 0 saturated carbocycles. The van der Waals surface area contributed by atoms with Crippen molar-refractivity contribution in [3.8, 4) is 11.3 Å². The zero-order chi connectivity index (χ0) is 13.4. The molecule has 3 aromatic rings. The van der Waals surface area contributed by atoms with Crippen LogP contribution in [0.15, 0.2) is 57.5 Å². The largest absolute Gasteiger partial charge is 0.247 e. The summed E-state index contributed by atoms with van der Waals surface area (Å²) in [6.07, 6.45) is 0. The highest BCUT2D eigenvalue weighted by Crippen LogP contribution is 2.29. The highest BCUT2D eigenvalue weighted by molar-refractivity contribution is 9.11. The molecule has 0 radical (unpaired) electrons. The second-order valence-corrected chi connectivity index (χ2v) is 5.93. The van der Waals surface area contributed by atoms with E-state index in [9.17, 15) is 4.39 Å². The average molecular weight is 381 g/mol. The number of hydrogen-bond donors (Lipinski definition) is 0. The standard InChI is InChI=1S/C15H8Br2FN/c16-11-7-10-3-6-14(19-15(10)13(17)8-11)9-1-4-12(18)5-2-9/h1-8H. The molecule has 0 saturated heterocycles. The van der Waals surface area contributed by atoms with Gasteiger partial charge in [-0.05, 0) is 58.4 Å². The maximum Gasteiger partial charge on any atom is 0.123 e. The number of pyridine rings is 1. The second kappa shape index (κ2) is 5.02. The topological polar surface area (TPSA) is 12.9 Å². The number of aromatic nitrogens is 1. The number of benzene rings is 2. The Balaban J connectivity index is 2.19. The van der Waals surface area contributed by atoms with Crippen molar-refractivity contribution >= 4 is 42.8 Å². The van der Waals surface area contributed by atoms with Gasteiger partial charge in [-0.2, -0.15) is 0 Å². The van der Waals surface area contributed by atoms with E-state index in [0.29, 0.717) is 0 Å². The normalized spacial score (nSPS) is 10.9. The first kappa shape index (κ1) is 12.8. The Morgan fingerprint density at radius 2 is 1.63 bits per heavy atom. The van der Waals surface area contributed by atoms with Crippen LogP contribution in [-0.4, -0.2) is 4.98 Å². The maximum absolute atomic E-state index is 12.9. The minimum absolute atomic E-state index is 0.241. The van der Waals surface area contributed by atoms with Crippen LogP contribution in [0.5, 0.6) is 0 Å². The minimum atomic E-state index is -0.241. The summed E-state index contributed by atoms with van der Waals surface area (Å²) in [6, 6.07) is 14.3. The Labute approximate surface area is 126 Å². The highest BCUT2D eigenvalue weighted by Gasteiger charge is 2.05. The van der Waals surface area contributed by atoms with Crippen molar-refractivity contribution in [3.05, 3.63) is 63.3 Å². The van der Waals surface area contributed by atoms with Crippen LogP contribution < -0.4 is 0 Å². The lowest BCUT2D eigenvalue weighted by atomic mass is 10.1. The van der Waals surface area contributed by atoms with Crippen molar-refractivity contribution in [1.29, 1.82) is 0 Å². The number of halogens is 3. The van der Waals surface area contributed by atoms with Crippen LogP contribution in [0.2, 0.25) is 0 Å². The molecule has 19 heavy (non-hydrogen) atoms. The van der Waals surface area contributed by atoms with Gasteiger partial charge in [-0.3, -0.25) is 0 Å². The Morgan fingerprint density at radius 3 is 2.37 bits per heavy atom. The quantitative estimate of drug-likeness (QED) is 0.538. The second-order valence-electron chi connectivity index (χ2n) is 4.16. The number of hydrogen-bond acceptors (Lipinski definition) is 1. The van der Waals surface area contributed by atoms with Gasteiger partial charge in [0.1, 0.15) is 5.82 Å². The first-order valence-electron chi connectivity index (χ1n) is 5.65. The highest BCUT2D eigenvalue weighted by atomic mass is 79.9. The van der Waals surface area contributed by atoms with Crippen LogP contribution in [-0.2, 0) is 0 Å². The molecule has 4 heteroatoms. The summed E-state index contributed by atoms with van der Waals surface area (Å²) in [5.74, 6) is -0.241. The minimum Gasteiger partial charge on any atom is -0.247 e. The molecule has 2 aromatic carbocycles. The van der Waals surface area contributed by atoms with E-state index in [1.54, 1.807) is 12.1 Å². The first-order chi connectivity index (χ1) is 9.13. The summed E-state index contributed by atoms with van der Waals surface area (Å²) in [6.45, 7) is 0. The molecule has 0 aliphatic carbocycles. The molecule has 0 amide bonds. The molecule has 0 bridgehead atoms. The van der Waals surface area contributed by atoms with E-state index in [-0.39, 0.29) is 5.82 Å². The third-order valence-electron chi connectivity index (χ3n) is 2.85. The van der Waals surface area contributed by atoms with Gasteiger partial charge in [0.05, 0.1) is 11.2 Å². The Hall–Kier alpha value is -1.26.